The van der Waals surface area contributed by atoms with E-state index in [4.69, 9.17) is 22.7 Å². The van der Waals surface area contributed by atoms with Gasteiger partial charge in [-0.15, -0.1) is 0 Å². The van der Waals surface area contributed by atoms with Gasteiger partial charge in [0.25, 0.3) is 0 Å². The zero-order valence-corrected chi connectivity index (χ0v) is 13.8. The number of thiocarbonyl (C=S) groups is 1. The second-order valence-electron chi connectivity index (χ2n) is 5.73. The largest absolute Gasteiger partial charge is 0.392 e. The molecule has 4 nitrogen and oxygen atoms in total. The molecule has 20 heavy (non-hydrogen) atoms. The van der Waals surface area contributed by atoms with Crippen molar-refractivity contribution in [3.05, 3.63) is 0 Å². The summed E-state index contributed by atoms with van der Waals surface area (Å²) in [7, 11) is 0. The number of carbonyl (C=O) groups is 1. The van der Waals surface area contributed by atoms with Crippen molar-refractivity contribution < 1.29 is 9.53 Å². The van der Waals surface area contributed by atoms with Crippen LogP contribution in [0.25, 0.3) is 0 Å². The van der Waals surface area contributed by atoms with Gasteiger partial charge >= 0.3 is 0 Å². The molecule has 0 aromatic carbocycles. The summed E-state index contributed by atoms with van der Waals surface area (Å²) in [5.74, 6) is 0.103. The van der Waals surface area contributed by atoms with E-state index in [2.05, 4.69) is 13.8 Å². The highest BCUT2D eigenvalue weighted by Crippen LogP contribution is 2.33. The highest BCUT2D eigenvalue weighted by Gasteiger charge is 2.42. The molecule has 1 aliphatic heterocycles. The third kappa shape index (κ3) is 3.92. The first-order chi connectivity index (χ1) is 9.47. The van der Waals surface area contributed by atoms with Crippen molar-refractivity contribution in [1.82, 2.24) is 4.90 Å². The Bertz CT molecular complexity index is 341. The van der Waals surface area contributed by atoms with Crippen LogP contribution in [0.1, 0.15) is 52.9 Å². The van der Waals surface area contributed by atoms with Crippen LogP contribution in [0.2, 0.25) is 0 Å². The lowest BCUT2D eigenvalue weighted by Crippen LogP contribution is -2.52. The van der Waals surface area contributed by atoms with Crippen LogP contribution in [0.3, 0.4) is 0 Å². The average molecular weight is 300 g/mol. The van der Waals surface area contributed by atoms with Crippen molar-refractivity contribution in [1.29, 1.82) is 0 Å². The van der Waals surface area contributed by atoms with Crippen LogP contribution < -0.4 is 5.73 Å². The van der Waals surface area contributed by atoms with Crippen LogP contribution in [0.5, 0.6) is 0 Å². The fourth-order valence-corrected chi connectivity index (χ4v) is 3.32. The topological polar surface area (TPSA) is 55.6 Å². The SMILES string of the molecule is CCCC(CCC)(C(=O)N1CCCOC(C)C1)C(N)=S. The Labute approximate surface area is 128 Å². The second kappa shape index (κ2) is 7.93. The van der Waals surface area contributed by atoms with Crippen molar-refractivity contribution in [2.45, 2.75) is 59.0 Å². The van der Waals surface area contributed by atoms with E-state index in [1.54, 1.807) is 0 Å². The Morgan fingerprint density at radius 3 is 2.50 bits per heavy atom. The molecule has 1 heterocycles. The Kier molecular flexibility index (Phi) is 6.89. The zero-order valence-electron chi connectivity index (χ0n) is 13.0. The summed E-state index contributed by atoms with van der Waals surface area (Å²) < 4.78 is 5.62. The van der Waals surface area contributed by atoms with Crippen LogP contribution >= 0.6 is 12.2 Å². The summed E-state index contributed by atoms with van der Waals surface area (Å²) in [6.07, 6.45) is 4.24. The summed E-state index contributed by atoms with van der Waals surface area (Å²) in [5.41, 5.74) is 5.31. The first-order valence-corrected chi connectivity index (χ1v) is 8.09. The average Bonchev–Trinajstić information content (AvgIpc) is 2.62. The molecule has 0 aromatic heterocycles. The van der Waals surface area contributed by atoms with Crippen molar-refractivity contribution >= 4 is 23.1 Å². The van der Waals surface area contributed by atoms with Gasteiger partial charge in [0.05, 0.1) is 16.5 Å². The molecule has 1 amide bonds. The van der Waals surface area contributed by atoms with E-state index >= 15 is 0 Å². The van der Waals surface area contributed by atoms with Gasteiger partial charge in [0.15, 0.2) is 0 Å². The van der Waals surface area contributed by atoms with Gasteiger partial charge in [0.2, 0.25) is 5.91 Å². The van der Waals surface area contributed by atoms with Crippen molar-refractivity contribution in [3.63, 3.8) is 0 Å². The molecule has 116 valence electrons. The Balaban J connectivity index is 2.98. The minimum Gasteiger partial charge on any atom is -0.392 e. The summed E-state index contributed by atoms with van der Waals surface area (Å²) >= 11 is 5.27. The molecule has 1 atom stereocenters. The van der Waals surface area contributed by atoms with E-state index in [0.717, 1.165) is 38.6 Å². The number of hydrogen-bond acceptors (Lipinski definition) is 3. The predicted molar refractivity (Wildman–Crippen MR) is 85.6 cm³/mol. The van der Waals surface area contributed by atoms with E-state index in [-0.39, 0.29) is 12.0 Å². The highest BCUT2D eigenvalue weighted by atomic mass is 32.1. The first kappa shape index (κ1) is 17.4. The molecule has 0 radical (unpaired) electrons. The van der Waals surface area contributed by atoms with Crippen LogP contribution in [0.4, 0.5) is 0 Å². The summed E-state index contributed by atoms with van der Waals surface area (Å²) in [6.45, 7) is 8.24. The normalized spacial score (nSPS) is 20.6. The molecular weight excluding hydrogens is 272 g/mol. The summed E-state index contributed by atoms with van der Waals surface area (Å²) in [4.78, 5) is 15.3. The van der Waals surface area contributed by atoms with Crippen molar-refractivity contribution in [2.75, 3.05) is 19.7 Å². The Hall–Kier alpha value is -0.680. The van der Waals surface area contributed by atoms with Gasteiger partial charge in [0, 0.05) is 19.7 Å². The van der Waals surface area contributed by atoms with Crippen LogP contribution in [-0.2, 0) is 9.53 Å². The molecular formula is C15H28N2O2S. The molecule has 0 bridgehead atoms. The molecule has 1 fully saturated rings. The molecule has 1 unspecified atom stereocenters. The number of nitrogens with zero attached hydrogens (tertiary/aromatic N) is 1. The third-order valence-electron chi connectivity index (χ3n) is 3.97. The van der Waals surface area contributed by atoms with Crippen LogP contribution in [-0.4, -0.2) is 41.6 Å². The lowest BCUT2D eigenvalue weighted by molar-refractivity contribution is -0.139. The van der Waals surface area contributed by atoms with Gasteiger partial charge in [-0.1, -0.05) is 38.9 Å². The van der Waals surface area contributed by atoms with Gasteiger partial charge in [-0.3, -0.25) is 4.79 Å². The van der Waals surface area contributed by atoms with Crippen molar-refractivity contribution in [3.8, 4) is 0 Å². The fraction of sp³-hybridized carbons (Fsp3) is 0.867. The van der Waals surface area contributed by atoms with Crippen LogP contribution in [0, 0.1) is 5.41 Å². The molecule has 1 aliphatic rings. The van der Waals surface area contributed by atoms with Gasteiger partial charge in [-0.2, -0.15) is 0 Å². The second-order valence-corrected chi connectivity index (χ2v) is 6.17. The maximum Gasteiger partial charge on any atom is 0.235 e. The number of carbonyl (C=O) groups excluding carboxylic acids is 1. The van der Waals surface area contributed by atoms with E-state index in [9.17, 15) is 4.79 Å². The number of amides is 1. The molecule has 0 spiro atoms. The minimum atomic E-state index is -0.664. The minimum absolute atomic E-state index is 0.0775. The first-order valence-electron chi connectivity index (χ1n) is 7.68. The molecule has 0 aliphatic carbocycles. The third-order valence-corrected chi connectivity index (χ3v) is 4.36. The molecule has 1 saturated heterocycles. The van der Waals surface area contributed by atoms with E-state index in [0.29, 0.717) is 18.1 Å². The summed E-state index contributed by atoms with van der Waals surface area (Å²) in [6, 6.07) is 0. The molecule has 1 rings (SSSR count). The molecule has 0 saturated carbocycles. The zero-order chi connectivity index (χ0) is 15.2. The van der Waals surface area contributed by atoms with Gasteiger partial charge in [-0.05, 0) is 26.2 Å². The monoisotopic (exact) mass is 300 g/mol. The smallest absolute Gasteiger partial charge is 0.235 e. The van der Waals surface area contributed by atoms with E-state index in [1.165, 1.54) is 0 Å². The van der Waals surface area contributed by atoms with Crippen molar-refractivity contribution in [2.24, 2.45) is 11.1 Å². The number of nitrogens with two attached hydrogens (primary N) is 1. The van der Waals surface area contributed by atoms with Gasteiger partial charge < -0.3 is 15.4 Å². The highest BCUT2D eigenvalue weighted by molar-refractivity contribution is 7.80. The Morgan fingerprint density at radius 1 is 1.40 bits per heavy atom. The van der Waals surface area contributed by atoms with E-state index < -0.39 is 5.41 Å². The molecule has 2 N–H and O–H groups in total. The Morgan fingerprint density at radius 2 is 2.00 bits per heavy atom. The number of rotatable bonds is 6. The fourth-order valence-electron chi connectivity index (χ4n) is 3.03. The standard InChI is InChI=1S/C15H28N2O2S/c1-4-7-15(8-5-2,13(16)20)14(18)17-9-6-10-19-12(3)11-17/h12H,4-11H2,1-3H3,(H2,16,20). The molecule has 0 aromatic rings. The maximum absolute atomic E-state index is 13.0. The quantitative estimate of drug-likeness (QED) is 0.766. The predicted octanol–water partition coefficient (Wildman–Crippen LogP) is 2.50. The number of ether oxygens (including phenoxy) is 1. The summed E-state index contributed by atoms with van der Waals surface area (Å²) in [5, 5.41) is 0. The van der Waals surface area contributed by atoms with Gasteiger partial charge in [0.1, 0.15) is 0 Å². The van der Waals surface area contributed by atoms with E-state index in [1.807, 2.05) is 11.8 Å². The number of hydrogen-bond donors (Lipinski definition) is 1. The van der Waals surface area contributed by atoms with Gasteiger partial charge in [-0.25, -0.2) is 0 Å². The lowest BCUT2D eigenvalue weighted by atomic mass is 9.77. The lowest BCUT2D eigenvalue weighted by Gasteiger charge is -2.36. The van der Waals surface area contributed by atoms with Crippen LogP contribution in [0.15, 0.2) is 0 Å². The molecule has 5 heteroatoms. The maximum atomic E-state index is 13.0.